The second-order valence-electron chi connectivity index (χ2n) is 9.57. The SMILES string of the molecule is CCNCN(C)CCC[Si](C)(C)O[Si](C)(C)O[Si](C)(C)CCCN(C)CC. The van der Waals surface area contributed by atoms with Gasteiger partial charge in [-0.25, -0.2) is 0 Å². The van der Waals surface area contributed by atoms with Gasteiger partial charge in [0.05, 0.1) is 0 Å². The summed E-state index contributed by atoms with van der Waals surface area (Å²) in [5.74, 6) is 0. The minimum Gasteiger partial charge on any atom is -0.437 e. The van der Waals surface area contributed by atoms with Gasteiger partial charge in [0.25, 0.3) is 0 Å². The Morgan fingerprint density at radius 2 is 1.19 bits per heavy atom. The first-order valence-electron chi connectivity index (χ1n) is 10.8. The number of nitrogens with one attached hydrogen (secondary N) is 1. The molecular weight excluding hydrogens is 386 g/mol. The Labute approximate surface area is 173 Å². The van der Waals surface area contributed by atoms with Gasteiger partial charge in [-0.1, -0.05) is 13.8 Å². The molecule has 1 N–H and O–H groups in total. The standard InChI is InChI=1S/C19H49N3O2Si3/c1-11-20-19-22(4)16-14-18-26(7,8)24-27(9,10)23-25(5,6)17-13-15-21(3)12-2/h20H,11-19H2,1-10H3. The van der Waals surface area contributed by atoms with Crippen LogP contribution in [0.3, 0.4) is 0 Å². The van der Waals surface area contributed by atoms with Crippen LogP contribution in [-0.2, 0) is 8.23 Å². The molecule has 0 aromatic heterocycles. The van der Waals surface area contributed by atoms with Gasteiger partial charge in [-0.05, 0) is 104 Å². The van der Waals surface area contributed by atoms with Crippen molar-refractivity contribution in [1.82, 2.24) is 15.1 Å². The predicted molar refractivity (Wildman–Crippen MR) is 128 cm³/mol. The Kier molecular flexibility index (Phi) is 13.1. The molecule has 0 saturated heterocycles. The zero-order valence-electron chi connectivity index (χ0n) is 20.1. The average Bonchev–Trinajstić information content (AvgIpc) is 2.49. The predicted octanol–water partition coefficient (Wildman–Crippen LogP) is 4.36. The van der Waals surface area contributed by atoms with E-state index in [1.165, 1.54) is 31.5 Å². The first-order valence-corrected chi connectivity index (χ1v) is 19.9. The lowest BCUT2D eigenvalue weighted by molar-refractivity contribution is 0.307. The first kappa shape index (κ1) is 27.5. The maximum absolute atomic E-state index is 6.72. The van der Waals surface area contributed by atoms with Crippen LogP contribution in [0.25, 0.3) is 0 Å². The van der Waals surface area contributed by atoms with Crippen molar-refractivity contribution in [3.63, 3.8) is 0 Å². The highest BCUT2D eigenvalue weighted by Crippen LogP contribution is 2.26. The summed E-state index contributed by atoms with van der Waals surface area (Å²) in [4.78, 5) is 4.74. The van der Waals surface area contributed by atoms with Crippen molar-refractivity contribution < 1.29 is 8.23 Å². The third-order valence-corrected chi connectivity index (χ3v) is 16.3. The van der Waals surface area contributed by atoms with Gasteiger partial charge >= 0.3 is 8.56 Å². The van der Waals surface area contributed by atoms with Gasteiger partial charge in [0.2, 0.25) is 0 Å². The summed E-state index contributed by atoms with van der Waals surface area (Å²) in [6.07, 6.45) is 2.43. The minimum absolute atomic E-state index is 0.968. The summed E-state index contributed by atoms with van der Waals surface area (Å²) in [6, 6.07) is 2.42. The van der Waals surface area contributed by atoms with Crippen LogP contribution in [0.15, 0.2) is 0 Å². The average molecular weight is 436 g/mol. The Morgan fingerprint density at radius 3 is 1.59 bits per heavy atom. The number of nitrogens with zero attached hydrogens (tertiary/aromatic N) is 2. The van der Waals surface area contributed by atoms with Gasteiger partial charge < -0.3 is 18.4 Å². The molecule has 0 bridgehead atoms. The van der Waals surface area contributed by atoms with Crippen LogP contribution in [0, 0.1) is 0 Å². The maximum Gasteiger partial charge on any atom is 0.311 e. The molecule has 0 spiro atoms. The molecule has 0 fully saturated rings. The van der Waals surface area contributed by atoms with E-state index < -0.39 is 25.2 Å². The van der Waals surface area contributed by atoms with E-state index >= 15 is 0 Å². The van der Waals surface area contributed by atoms with Gasteiger partial charge in [0.1, 0.15) is 0 Å². The fourth-order valence-electron chi connectivity index (χ4n) is 3.54. The zero-order valence-corrected chi connectivity index (χ0v) is 23.1. The van der Waals surface area contributed by atoms with E-state index in [1.807, 2.05) is 0 Å². The fourth-order valence-corrected chi connectivity index (χ4v) is 17.6. The van der Waals surface area contributed by atoms with Crippen molar-refractivity contribution in [3.05, 3.63) is 0 Å². The molecule has 0 aliphatic carbocycles. The van der Waals surface area contributed by atoms with Gasteiger partial charge in [0, 0.05) is 6.67 Å². The summed E-state index contributed by atoms with van der Waals surface area (Å²) >= 11 is 0. The first-order chi connectivity index (χ1) is 12.3. The number of rotatable bonds is 16. The Hall–Kier alpha value is 0.451. The molecule has 0 aromatic rings. The van der Waals surface area contributed by atoms with Crippen molar-refractivity contribution in [3.8, 4) is 0 Å². The molecule has 5 nitrogen and oxygen atoms in total. The highest BCUT2D eigenvalue weighted by Gasteiger charge is 2.39. The highest BCUT2D eigenvalue weighted by atomic mass is 28.5. The van der Waals surface area contributed by atoms with Crippen LogP contribution in [0.1, 0.15) is 26.7 Å². The molecule has 0 amide bonds. The van der Waals surface area contributed by atoms with E-state index in [9.17, 15) is 0 Å². The lowest BCUT2D eigenvalue weighted by Crippen LogP contribution is -2.52. The molecule has 0 aliphatic rings. The van der Waals surface area contributed by atoms with Crippen LogP contribution >= 0.6 is 0 Å². The summed E-state index contributed by atoms with van der Waals surface area (Å²) in [5.41, 5.74) is 0. The number of hydrogen-bond acceptors (Lipinski definition) is 5. The fraction of sp³-hybridized carbons (Fsp3) is 1.00. The molecule has 0 aromatic carbocycles. The van der Waals surface area contributed by atoms with Crippen LogP contribution in [0.2, 0.25) is 51.4 Å². The molecule has 0 radical (unpaired) electrons. The summed E-state index contributed by atoms with van der Waals surface area (Å²) in [5, 5.41) is 3.38. The second kappa shape index (κ2) is 12.9. The van der Waals surface area contributed by atoms with Crippen LogP contribution in [0.4, 0.5) is 0 Å². The molecule has 8 heteroatoms. The Morgan fingerprint density at radius 1 is 0.741 bits per heavy atom. The van der Waals surface area contributed by atoms with E-state index in [0.717, 1.165) is 26.3 Å². The van der Waals surface area contributed by atoms with Crippen molar-refractivity contribution >= 4 is 25.2 Å². The molecule has 0 heterocycles. The van der Waals surface area contributed by atoms with Gasteiger partial charge in [-0.15, -0.1) is 0 Å². The van der Waals surface area contributed by atoms with Crippen LogP contribution < -0.4 is 5.32 Å². The topological polar surface area (TPSA) is 37.0 Å². The summed E-state index contributed by atoms with van der Waals surface area (Å²) in [7, 11) is -1.05. The summed E-state index contributed by atoms with van der Waals surface area (Å²) < 4.78 is 13.4. The van der Waals surface area contributed by atoms with E-state index in [0.29, 0.717) is 0 Å². The third-order valence-electron chi connectivity index (χ3n) is 4.85. The quantitative estimate of drug-likeness (QED) is 0.288. The zero-order chi connectivity index (χ0) is 21.1. The molecule has 0 atom stereocenters. The lowest BCUT2D eigenvalue weighted by atomic mass is 10.4. The smallest absolute Gasteiger partial charge is 0.311 e. The molecule has 27 heavy (non-hydrogen) atoms. The largest absolute Gasteiger partial charge is 0.437 e. The van der Waals surface area contributed by atoms with Crippen molar-refractivity contribution in [2.75, 3.05) is 46.9 Å². The molecule has 164 valence electrons. The van der Waals surface area contributed by atoms with Crippen LogP contribution in [0.5, 0.6) is 0 Å². The third kappa shape index (κ3) is 15.0. The van der Waals surface area contributed by atoms with Crippen molar-refractivity contribution in [2.24, 2.45) is 0 Å². The van der Waals surface area contributed by atoms with Crippen LogP contribution in [-0.4, -0.2) is 81.9 Å². The van der Waals surface area contributed by atoms with E-state index in [4.69, 9.17) is 8.23 Å². The molecule has 0 unspecified atom stereocenters. The van der Waals surface area contributed by atoms with Gasteiger partial charge in [-0.2, -0.15) is 0 Å². The minimum atomic E-state index is -2.07. The van der Waals surface area contributed by atoms with E-state index in [1.54, 1.807) is 0 Å². The molecule has 0 saturated carbocycles. The van der Waals surface area contributed by atoms with E-state index in [-0.39, 0.29) is 0 Å². The molecular formula is C19H49N3O2Si3. The normalized spacial score (nSPS) is 13.8. The lowest BCUT2D eigenvalue weighted by Gasteiger charge is -2.39. The number of hydrogen-bond donors (Lipinski definition) is 1. The van der Waals surface area contributed by atoms with Crippen molar-refractivity contribution in [1.29, 1.82) is 0 Å². The van der Waals surface area contributed by atoms with Gasteiger partial charge in [-0.3, -0.25) is 4.90 Å². The van der Waals surface area contributed by atoms with E-state index in [2.05, 4.69) is 82.3 Å². The van der Waals surface area contributed by atoms with Crippen molar-refractivity contribution in [2.45, 2.75) is 78.1 Å². The Bertz CT molecular complexity index is 396. The Balaban J connectivity index is 4.38. The second-order valence-corrected chi connectivity index (χ2v) is 22.0. The molecule has 0 rings (SSSR count). The molecule has 0 aliphatic heterocycles. The highest BCUT2D eigenvalue weighted by molar-refractivity contribution is 6.87. The maximum atomic E-state index is 6.72. The monoisotopic (exact) mass is 435 g/mol. The summed E-state index contributed by atoms with van der Waals surface area (Å²) in [6.45, 7) is 23.7. The van der Waals surface area contributed by atoms with Gasteiger partial charge in [0.15, 0.2) is 16.6 Å².